The molecule has 0 aliphatic carbocycles. The van der Waals surface area contributed by atoms with Crippen molar-refractivity contribution in [2.75, 3.05) is 26.2 Å². The minimum absolute atomic E-state index is 0.00401. The molecule has 2 amide bonds. The molecule has 1 aromatic rings. The van der Waals surface area contributed by atoms with Crippen molar-refractivity contribution in [1.82, 2.24) is 19.4 Å². The largest absolute Gasteiger partial charge is 0.394 e. The number of hydrogen-bond donors (Lipinski definition) is 1. The highest BCUT2D eigenvalue weighted by Gasteiger charge is 2.52. The van der Waals surface area contributed by atoms with Gasteiger partial charge in [0.15, 0.2) is 0 Å². The van der Waals surface area contributed by atoms with Crippen LogP contribution < -0.4 is 0 Å². The van der Waals surface area contributed by atoms with Gasteiger partial charge in [0.2, 0.25) is 5.91 Å². The Balaban J connectivity index is 1.69. The highest BCUT2D eigenvalue weighted by Crippen LogP contribution is 2.48. The van der Waals surface area contributed by atoms with Crippen molar-refractivity contribution in [1.29, 1.82) is 0 Å². The zero-order chi connectivity index (χ0) is 17.5. The Kier molecular flexibility index (Phi) is 4.15. The fraction of sp³-hybridized carbons (Fsp3) is 0.706. The lowest BCUT2D eigenvalue weighted by Crippen LogP contribution is -2.46. The van der Waals surface area contributed by atoms with E-state index in [1.165, 1.54) is 0 Å². The van der Waals surface area contributed by atoms with Crippen LogP contribution in [0.2, 0.25) is 0 Å². The molecule has 1 N–H and O–H groups in total. The second-order valence-corrected chi connectivity index (χ2v) is 7.65. The first-order chi connectivity index (χ1) is 11.3. The molecule has 1 atom stereocenters. The first kappa shape index (κ1) is 17.0. The van der Waals surface area contributed by atoms with Crippen LogP contribution in [-0.4, -0.2) is 68.1 Å². The molecular weight excluding hydrogens is 308 g/mol. The summed E-state index contributed by atoms with van der Waals surface area (Å²) in [4.78, 5) is 32.3. The van der Waals surface area contributed by atoms with Crippen molar-refractivity contribution in [3.8, 4) is 0 Å². The van der Waals surface area contributed by atoms with E-state index in [1.807, 2.05) is 23.8 Å². The van der Waals surface area contributed by atoms with Gasteiger partial charge in [-0.05, 0) is 31.6 Å². The van der Waals surface area contributed by atoms with Gasteiger partial charge in [-0.2, -0.15) is 0 Å². The Morgan fingerprint density at radius 2 is 2.00 bits per heavy atom. The Bertz CT molecular complexity index is 648. The second-order valence-electron chi connectivity index (χ2n) is 7.65. The number of aryl methyl sites for hydroxylation is 1. The predicted molar refractivity (Wildman–Crippen MR) is 88.3 cm³/mol. The van der Waals surface area contributed by atoms with E-state index in [-0.39, 0.29) is 23.8 Å². The molecule has 3 rings (SSSR count). The molecule has 1 spiro atoms. The summed E-state index contributed by atoms with van der Waals surface area (Å²) in [5.74, 6) is -0.0211. The molecule has 0 saturated carbocycles. The first-order valence-electron chi connectivity index (χ1n) is 8.45. The van der Waals surface area contributed by atoms with Crippen LogP contribution in [-0.2, 0) is 11.8 Å². The molecule has 2 aliphatic heterocycles. The third-order valence-electron chi connectivity index (χ3n) is 5.66. The van der Waals surface area contributed by atoms with E-state index in [0.29, 0.717) is 25.3 Å². The molecule has 2 saturated heterocycles. The van der Waals surface area contributed by atoms with Gasteiger partial charge in [0.25, 0.3) is 5.91 Å². The smallest absolute Gasteiger partial charge is 0.274 e. The zero-order valence-corrected chi connectivity index (χ0v) is 14.7. The molecule has 0 aromatic carbocycles. The topological polar surface area (TPSA) is 78.7 Å². The lowest BCUT2D eigenvalue weighted by atomic mass is 9.74. The van der Waals surface area contributed by atoms with Gasteiger partial charge in [-0.3, -0.25) is 9.59 Å². The number of aliphatic hydroxyl groups is 1. The molecule has 7 heteroatoms. The van der Waals surface area contributed by atoms with Crippen molar-refractivity contribution < 1.29 is 14.7 Å². The third-order valence-corrected chi connectivity index (χ3v) is 5.66. The van der Waals surface area contributed by atoms with Crippen molar-refractivity contribution in [2.45, 2.75) is 38.6 Å². The van der Waals surface area contributed by atoms with E-state index in [1.54, 1.807) is 24.0 Å². The number of amides is 2. The summed E-state index contributed by atoms with van der Waals surface area (Å²) in [6, 6.07) is 0. The summed E-state index contributed by atoms with van der Waals surface area (Å²) < 4.78 is 1.77. The SMILES string of the molecule is CC(=O)N1CC2(CCN(C(=O)c3cn(C)cn3)CC2)C[C@]1(C)CO. The standard InChI is InChI=1S/C17H26N4O3/c1-13(23)21-10-17(9-16(21,2)11-22)4-6-20(7-5-17)15(24)14-8-19(3)12-18-14/h8,12,22H,4-7,9-11H2,1-3H3/t16-/m1/s1. The lowest BCUT2D eigenvalue weighted by molar-refractivity contribution is -0.134. The second kappa shape index (κ2) is 5.88. The van der Waals surface area contributed by atoms with Crippen LogP contribution in [0.5, 0.6) is 0 Å². The van der Waals surface area contributed by atoms with Crippen molar-refractivity contribution >= 4 is 11.8 Å². The van der Waals surface area contributed by atoms with Gasteiger partial charge >= 0.3 is 0 Å². The molecule has 132 valence electrons. The van der Waals surface area contributed by atoms with Crippen LogP contribution in [0, 0.1) is 5.41 Å². The maximum atomic E-state index is 12.5. The lowest BCUT2D eigenvalue weighted by Gasteiger charge is -2.39. The number of rotatable bonds is 2. The van der Waals surface area contributed by atoms with E-state index >= 15 is 0 Å². The van der Waals surface area contributed by atoms with E-state index in [9.17, 15) is 14.7 Å². The number of aromatic nitrogens is 2. The fourth-order valence-corrected chi connectivity index (χ4v) is 4.32. The highest BCUT2D eigenvalue weighted by atomic mass is 16.3. The number of piperidine rings is 1. The average molecular weight is 334 g/mol. The Morgan fingerprint density at radius 1 is 1.33 bits per heavy atom. The number of imidazole rings is 1. The monoisotopic (exact) mass is 334 g/mol. The Morgan fingerprint density at radius 3 is 2.46 bits per heavy atom. The molecule has 0 unspecified atom stereocenters. The van der Waals surface area contributed by atoms with E-state index < -0.39 is 5.54 Å². The van der Waals surface area contributed by atoms with Crippen LogP contribution in [0.15, 0.2) is 12.5 Å². The molecule has 3 heterocycles. The van der Waals surface area contributed by atoms with Crippen LogP contribution >= 0.6 is 0 Å². The maximum absolute atomic E-state index is 12.5. The first-order valence-corrected chi connectivity index (χ1v) is 8.45. The van der Waals surface area contributed by atoms with E-state index in [4.69, 9.17) is 0 Å². The predicted octanol–water partition coefficient (Wildman–Crippen LogP) is 0.646. The van der Waals surface area contributed by atoms with Crippen molar-refractivity contribution in [2.24, 2.45) is 12.5 Å². The van der Waals surface area contributed by atoms with Gasteiger partial charge in [0.05, 0.1) is 18.5 Å². The fourth-order valence-electron chi connectivity index (χ4n) is 4.32. The zero-order valence-electron chi connectivity index (χ0n) is 14.7. The summed E-state index contributed by atoms with van der Waals surface area (Å²) in [5.41, 5.74) is -0.00584. The van der Waals surface area contributed by atoms with Gasteiger partial charge in [-0.15, -0.1) is 0 Å². The number of likely N-dealkylation sites (tertiary alicyclic amines) is 2. The highest BCUT2D eigenvalue weighted by molar-refractivity contribution is 5.92. The summed E-state index contributed by atoms with van der Waals surface area (Å²) in [5, 5.41) is 9.78. The minimum Gasteiger partial charge on any atom is -0.394 e. The van der Waals surface area contributed by atoms with Gasteiger partial charge in [0.1, 0.15) is 5.69 Å². The molecule has 7 nitrogen and oxygen atoms in total. The normalized spacial score (nSPS) is 26.2. The third kappa shape index (κ3) is 2.81. The molecule has 24 heavy (non-hydrogen) atoms. The number of aliphatic hydroxyl groups excluding tert-OH is 1. The molecule has 1 aromatic heterocycles. The van der Waals surface area contributed by atoms with Gasteiger partial charge in [-0.25, -0.2) is 4.98 Å². The Labute approximate surface area is 142 Å². The molecule has 0 bridgehead atoms. The quantitative estimate of drug-likeness (QED) is 0.861. The van der Waals surface area contributed by atoms with Crippen molar-refractivity contribution in [3.63, 3.8) is 0 Å². The number of carbonyl (C=O) groups excluding carboxylic acids is 2. The van der Waals surface area contributed by atoms with Crippen LogP contribution in [0.25, 0.3) is 0 Å². The van der Waals surface area contributed by atoms with Crippen molar-refractivity contribution in [3.05, 3.63) is 18.2 Å². The summed E-state index contributed by atoms with van der Waals surface area (Å²) in [6.45, 7) is 5.50. The average Bonchev–Trinajstić information content (AvgIpc) is 3.10. The van der Waals surface area contributed by atoms with Crippen LogP contribution in [0.1, 0.15) is 43.6 Å². The van der Waals surface area contributed by atoms with E-state index in [2.05, 4.69) is 4.98 Å². The molecule has 2 fully saturated rings. The van der Waals surface area contributed by atoms with Crippen LogP contribution in [0.3, 0.4) is 0 Å². The summed E-state index contributed by atoms with van der Waals surface area (Å²) in [6.07, 6.45) is 5.87. The Hall–Kier alpha value is -1.89. The number of nitrogens with zero attached hydrogens (tertiary/aromatic N) is 4. The molecule has 2 aliphatic rings. The van der Waals surface area contributed by atoms with Crippen LogP contribution in [0.4, 0.5) is 0 Å². The number of carbonyl (C=O) groups is 2. The molecule has 0 radical (unpaired) electrons. The molecular formula is C17H26N4O3. The van der Waals surface area contributed by atoms with Gasteiger partial charge in [-0.1, -0.05) is 0 Å². The summed E-state index contributed by atoms with van der Waals surface area (Å²) in [7, 11) is 1.85. The minimum atomic E-state index is -0.487. The summed E-state index contributed by atoms with van der Waals surface area (Å²) >= 11 is 0. The van der Waals surface area contributed by atoms with Gasteiger partial charge < -0.3 is 19.5 Å². The van der Waals surface area contributed by atoms with Gasteiger partial charge in [0, 0.05) is 39.8 Å². The number of hydrogen-bond acceptors (Lipinski definition) is 4. The maximum Gasteiger partial charge on any atom is 0.274 e. The van der Waals surface area contributed by atoms with E-state index in [0.717, 1.165) is 19.3 Å².